The number of hydrogen-bond acceptors (Lipinski definition) is 9. The van der Waals surface area contributed by atoms with Crippen LogP contribution in [0, 0.1) is 5.21 Å². The van der Waals surface area contributed by atoms with Crippen molar-refractivity contribution in [2.24, 2.45) is 0 Å². The average Bonchev–Trinajstić information content (AvgIpc) is 3.48. The molecular formula is C26H17ClN5O5S-. The molecule has 0 atom stereocenters. The molecule has 3 aromatic carbocycles. The highest BCUT2D eigenvalue weighted by Crippen LogP contribution is 2.31. The summed E-state index contributed by atoms with van der Waals surface area (Å²) in [7, 11) is 0. The Labute approximate surface area is 224 Å². The summed E-state index contributed by atoms with van der Waals surface area (Å²) in [6.45, 7) is 0. The number of benzene rings is 3. The Kier molecular flexibility index (Phi) is 6.90. The van der Waals surface area contributed by atoms with Crippen LogP contribution in [-0.2, 0) is 9.59 Å². The highest BCUT2D eigenvalue weighted by molar-refractivity contribution is 7.14. The van der Waals surface area contributed by atoms with E-state index in [4.69, 9.17) is 16.8 Å². The van der Waals surface area contributed by atoms with Crippen LogP contribution in [0.2, 0.25) is 0 Å². The van der Waals surface area contributed by atoms with Crippen LogP contribution in [-0.4, -0.2) is 27.9 Å². The first-order chi connectivity index (χ1) is 18.3. The number of rotatable bonds is 7. The number of para-hydroxylation sites is 1. The van der Waals surface area contributed by atoms with Crippen molar-refractivity contribution in [3.63, 3.8) is 0 Å². The van der Waals surface area contributed by atoms with Crippen molar-refractivity contribution in [2.45, 2.75) is 0 Å². The van der Waals surface area contributed by atoms with Crippen LogP contribution in [0.3, 0.4) is 0 Å². The summed E-state index contributed by atoms with van der Waals surface area (Å²) < 4.78 is 0. The molecule has 10 nitrogen and oxygen atoms in total. The fourth-order valence-corrected chi connectivity index (χ4v) is 4.65. The van der Waals surface area contributed by atoms with Crippen molar-refractivity contribution in [3.05, 3.63) is 106 Å². The van der Waals surface area contributed by atoms with Gasteiger partial charge in [0, 0.05) is 22.2 Å². The van der Waals surface area contributed by atoms with Crippen molar-refractivity contribution >= 4 is 62.9 Å². The van der Waals surface area contributed by atoms with E-state index in [1.807, 2.05) is 0 Å². The van der Waals surface area contributed by atoms with Gasteiger partial charge in [-0.25, -0.2) is 9.88 Å². The van der Waals surface area contributed by atoms with Gasteiger partial charge in [-0.1, -0.05) is 48.0 Å². The van der Waals surface area contributed by atoms with E-state index in [0.29, 0.717) is 27.8 Å². The van der Waals surface area contributed by atoms with Crippen molar-refractivity contribution in [2.75, 3.05) is 20.8 Å². The molecule has 12 heteroatoms. The fourth-order valence-electron chi connectivity index (χ4n) is 3.72. The van der Waals surface area contributed by atoms with E-state index in [-0.39, 0.29) is 27.2 Å². The monoisotopic (exact) mass is 546 g/mol. The molecule has 3 N–H and O–H groups in total. The third kappa shape index (κ3) is 4.99. The molecule has 0 saturated carbocycles. The van der Waals surface area contributed by atoms with Gasteiger partial charge in [-0.3, -0.25) is 24.9 Å². The van der Waals surface area contributed by atoms with Crippen molar-refractivity contribution in [1.29, 1.82) is 0 Å². The normalized spacial score (nSPS) is 13.2. The maximum atomic E-state index is 12.9. The largest absolute Gasteiger partial charge is 0.733 e. The minimum absolute atomic E-state index is 0.0509. The van der Waals surface area contributed by atoms with Crippen LogP contribution < -0.4 is 20.8 Å². The van der Waals surface area contributed by atoms with Crippen LogP contribution in [0.1, 0.15) is 10.4 Å². The number of carbonyl (C=O) groups is 3. The Hall–Kier alpha value is -4.55. The lowest BCUT2D eigenvalue weighted by Gasteiger charge is -2.21. The highest BCUT2D eigenvalue weighted by Gasteiger charge is 2.38. The predicted octanol–water partition coefficient (Wildman–Crippen LogP) is 5.19. The lowest BCUT2D eigenvalue weighted by atomic mass is 10.1. The molecule has 1 aliphatic heterocycles. The molecule has 0 aliphatic carbocycles. The Morgan fingerprint density at radius 1 is 1.00 bits per heavy atom. The quantitative estimate of drug-likeness (QED) is 0.213. The highest BCUT2D eigenvalue weighted by atomic mass is 35.5. The molecule has 1 aliphatic rings. The van der Waals surface area contributed by atoms with Gasteiger partial charge < -0.3 is 15.8 Å². The molecule has 0 fully saturated rings. The number of halogens is 1. The molecule has 0 spiro atoms. The molecule has 190 valence electrons. The molecule has 0 bridgehead atoms. The number of imide groups is 1. The lowest BCUT2D eigenvalue weighted by molar-refractivity contribution is -0.120. The zero-order valence-corrected chi connectivity index (χ0v) is 20.9. The summed E-state index contributed by atoms with van der Waals surface area (Å²) in [4.78, 5) is 43.8. The SMILES string of the molecule is O=C(Nc1nc(-c2cccc(N([O-])O)c2)cs1)c1cccc(NC2=C(Cl)C(=O)N(c3ccccc3)C2=O)c1. The maximum Gasteiger partial charge on any atom is 0.283 e. The van der Waals surface area contributed by atoms with E-state index in [0.717, 1.165) is 4.90 Å². The molecule has 0 unspecified atom stereocenters. The number of nitrogens with zero attached hydrogens (tertiary/aromatic N) is 3. The summed E-state index contributed by atoms with van der Waals surface area (Å²) in [5, 5.41) is 27.4. The summed E-state index contributed by atoms with van der Waals surface area (Å²) in [6.07, 6.45) is 0. The Bertz CT molecular complexity index is 1590. The summed E-state index contributed by atoms with van der Waals surface area (Å²) in [6, 6.07) is 21.0. The number of hydrogen-bond donors (Lipinski definition) is 3. The number of carbonyl (C=O) groups excluding carboxylic acids is 3. The van der Waals surface area contributed by atoms with Crippen LogP contribution >= 0.6 is 22.9 Å². The van der Waals surface area contributed by atoms with Crippen molar-refractivity contribution in [3.8, 4) is 11.3 Å². The number of nitrogens with one attached hydrogen (secondary N) is 2. The lowest BCUT2D eigenvalue weighted by Crippen LogP contribution is -2.32. The Morgan fingerprint density at radius 2 is 1.76 bits per heavy atom. The molecule has 1 aromatic heterocycles. The third-order valence-corrected chi connectivity index (χ3v) is 6.63. The van der Waals surface area contributed by atoms with E-state index in [2.05, 4.69) is 15.6 Å². The zero-order chi connectivity index (χ0) is 26.8. The third-order valence-electron chi connectivity index (χ3n) is 5.52. The van der Waals surface area contributed by atoms with E-state index in [9.17, 15) is 19.6 Å². The first-order valence-corrected chi connectivity index (χ1v) is 12.3. The second-order valence-electron chi connectivity index (χ2n) is 7.99. The van der Waals surface area contributed by atoms with Crippen molar-refractivity contribution in [1.82, 2.24) is 4.98 Å². The van der Waals surface area contributed by atoms with Gasteiger partial charge in [-0.15, -0.1) is 11.3 Å². The van der Waals surface area contributed by atoms with Gasteiger partial charge >= 0.3 is 0 Å². The van der Waals surface area contributed by atoms with E-state index >= 15 is 0 Å². The minimum Gasteiger partial charge on any atom is -0.733 e. The number of anilines is 4. The van der Waals surface area contributed by atoms with Gasteiger partial charge in [0.15, 0.2) is 5.13 Å². The molecular weight excluding hydrogens is 530 g/mol. The number of amides is 3. The molecule has 2 heterocycles. The van der Waals surface area contributed by atoms with Crippen LogP contribution in [0.25, 0.3) is 11.3 Å². The predicted molar refractivity (Wildman–Crippen MR) is 145 cm³/mol. The van der Waals surface area contributed by atoms with Gasteiger partial charge in [0.2, 0.25) is 0 Å². The summed E-state index contributed by atoms with van der Waals surface area (Å²) in [5.74, 6) is -1.71. The maximum absolute atomic E-state index is 12.9. The second-order valence-corrected chi connectivity index (χ2v) is 9.23. The first-order valence-electron chi connectivity index (χ1n) is 11.1. The molecule has 5 rings (SSSR count). The van der Waals surface area contributed by atoms with Gasteiger partial charge in [0.25, 0.3) is 17.7 Å². The number of aromatic nitrogens is 1. The Morgan fingerprint density at radius 3 is 2.53 bits per heavy atom. The average molecular weight is 547 g/mol. The molecule has 0 saturated heterocycles. The fraction of sp³-hybridized carbons (Fsp3) is 0. The van der Waals surface area contributed by atoms with Crippen LogP contribution in [0.5, 0.6) is 0 Å². The second kappa shape index (κ2) is 10.4. The summed E-state index contributed by atoms with van der Waals surface area (Å²) in [5.41, 5.74) is 2.10. The van der Waals surface area contributed by atoms with E-state index in [1.165, 1.54) is 29.5 Å². The first kappa shape index (κ1) is 25.1. The molecule has 3 amide bonds. The van der Waals surface area contributed by atoms with Gasteiger partial charge in [0.1, 0.15) is 10.7 Å². The topological polar surface area (TPSA) is 138 Å². The van der Waals surface area contributed by atoms with E-state index < -0.39 is 17.7 Å². The summed E-state index contributed by atoms with van der Waals surface area (Å²) >= 11 is 7.38. The molecule has 4 aromatic rings. The van der Waals surface area contributed by atoms with Crippen LogP contribution in [0.4, 0.5) is 22.2 Å². The van der Waals surface area contributed by atoms with Crippen LogP contribution in [0.15, 0.2) is 95.0 Å². The molecule has 38 heavy (non-hydrogen) atoms. The molecule has 0 radical (unpaired) electrons. The zero-order valence-electron chi connectivity index (χ0n) is 19.3. The Balaban J connectivity index is 1.30. The van der Waals surface area contributed by atoms with Gasteiger partial charge in [0.05, 0.1) is 17.1 Å². The standard InChI is InChI=1S/C26H17ClN5O5S/c27-21-22(25(35)31(24(21)34)18-9-2-1-3-10-18)28-17-8-4-7-16(12-17)23(33)30-26-29-20(14-38-26)15-6-5-11-19(13-15)32(36)37/h1-14,28,36H,(H,29,30,33)/q-1. The smallest absolute Gasteiger partial charge is 0.283 e. The van der Waals surface area contributed by atoms with E-state index in [1.54, 1.807) is 66.0 Å². The minimum atomic E-state index is -0.647. The van der Waals surface area contributed by atoms with Gasteiger partial charge in [-0.05, 0) is 42.5 Å². The number of thiazole rings is 1. The van der Waals surface area contributed by atoms with Gasteiger partial charge in [-0.2, -0.15) is 0 Å². The van der Waals surface area contributed by atoms with Crippen molar-refractivity contribution < 1.29 is 19.6 Å².